The molecule has 0 unspecified atom stereocenters. The summed E-state index contributed by atoms with van der Waals surface area (Å²) in [6.07, 6.45) is 0.720. The van der Waals surface area contributed by atoms with Crippen molar-refractivity contribution >= 4 is 27.7 Å². The topological polar surface area (TPSA) is 26.3 Å². The van der Waals surface area contributed by atoms with Gasteiger partial charge in [0.15, 0.2) is 11.3 Å². The van der Waals surface area contributed by atoms with Crippen LogP contribution in [-0.4, -0.2) is 13.4 Å². The van der Waals surface area contributed by atoms with Crippen LogP contribution in [0.2, 0.25) is 0 Å². The van der Waals surface area contributed by atoms with E-state index in [2.05, 4.69) is 0 Å². The SMILES string of the molecule is COc1cc2c(F)ccc(C=O)c2s1. The maximum Gasteiger partial charge on any atom is 0.174 e. The summed E-state index contributed by atoms with van der Waals surface area (Å²) >= 11 is 1.27. The van der Waals surface area contributed by atoms with Crippen LogP contribution in [0.1, 0.15) is 10.4 Å². The largest absolute Gasteiger partial charge is 0.487 e. The highest BCUT2D eigenvalue weighted by atomic mass is 32.1. The number of methoxy groups -OCH3 is 1. The van der Waals surface area contributed by atoms with E-state index in [-0.39, 0.29) is 5.82 Å². The van der Waals surface area contributed by atoms with E-state index in [1.54, 1.807) is 6.07 Å². The van der Waals surface area contributed by atoms with Crippen LogP contribution in [-0.2, 0) is 0 Å². The van der Waals surface area contributed by atoms with E-state index in [9.17, 15) is 9.18 Å². The number of carbonyl (C=O) groups excluding carboxylic acids is 1. The van der Waals surface area contributed by atoms with Gasteiger partial charge in [-0.1, -0.05) is 11.3 Å². The third-order valence-electron chi connectivity index (χ3n) is 1.97. The number of ether oxygens (including phenoxy) is 1. The molecule has 0 bridgehead atoms. The number of aldehydes is 1. The Morgan fingerprint density at radius 3 is 2.93 bits per heavy atom. The molecular weight excluding hydrogens is 203 g/mol. The molecule has 0 saturated heterocycles. The van der Waals surface area contributed by atoms with Crippen molar-refractivity contribution in [3.63, 3.8) is 0 Å². The summed E-state index contributed by atoms with van der Waals surface area (Å²) in [7, 11) is 1.52. The summed E-state index contributed by atoms with van der Waals surface area (Å²) in [5, 5.41) is 1.05. The number of rotatable bonds is 2. The lowest BCUT2D eigenvalue weighted by Gasteiger charge is -1.93. The van der Waals surface area contributed by atoms with Gasteiger partial charge in [-0.3, -0.25) is 4.79 Å². The second kappa shape index (κ2) is 3.38. The molecule has 1 aromatic heterocycles. The van der Waals surface area contributed by atoms with Crippen molar-refractivity contribution in [2.45, 2.75) is 0 Å². The number of benzene rings is 1. The minimum absolute atomic E-state index is 0.329. The summed E-state index contributed by atoms with van der Waals surface area (Å²) in [5.74, 6) is -0.329. The van der Waals surface area contributed by atoms with Gasteiger partial charge in [-0.25, -0.2) is 4.39 Å². The van der Waals surface area contributed by atoms with Crippen LogP contribution in [0, 0.1) is 5.82 Å². The third kappa shape index (κ3) is 1.28. The van der Waals surface area contributed by atoms with Gasteiger partial charge in [0.25, 0.3) is 0 Å². The number of hydrogen-bond donors (Lipinski definition) is 0. The summed E-state index contributed by atoms with van der Waals surface area (Å²) in [6.45, 7) is 0. The Kier molecular flexibility index (Phi) is 2.21. The molecule has 2 rings (SSSR count). The van der Waals surface area contributed by atoms with Crippen molar-refractivity contribution in [1.29, 1.82) is 0 Å². The fourth-order valence-corrected chi connectivity index (χ4v) is 2.24. The normalized spacial score (nSPS) is 10.4. The van der Waals surface area contributed by atoms with Crippen molar-refractivity contribution in [3.8, 4) is 5.06 Å². The molecule has 2 aromatic rings. The molecule has 0 saturated carbocycles. The van der Waals surface area contributed by atoms with Crippen LogP contribution in [0.15, 0.2) is 18.2 Å². The molecule has 0 fully saturated rings. The maximum absolute atomic E-state index is 13.3. The molecule has 0 aliphatic carbocycles. The van der Waals surface area contributed by atoms with E-state index in [0.29, 0.717) is 20.7 Å². The molecule has 0 atom stereocenters. The Bertz CT molecular complexity index is 490. The second-order valence-electron chi connectivity index (χ2n) is 2.77. The second-order valence-corrected chi connectivity index (χ2v) is 3.78. The fourth-order valence-electron chi connectivity index (χ4n) is 1.28. The van der Waals surface area contributed by atoms with Crippen LogP contribution in [0.4, 0.5) is 4.39 Å². The van der Waals surface area contributed by atoms with Gasteiger partial charge in [-0.15, -0.1) is 0 Å². The van der Waals surface area contributed by atoms with E-state index in [1.807, 2.05) is 0 Å². The zero-order chi connectivity index (χ0) is 10.1. The predicted molar refractivity (Wildman–Crippen MR) is 53.7 cm³/mol. The number of thiophene rings is 1. The lowest BCUT2D eigenvalue weighted by molar-refractivity contribution is 0.112. The fraction of sp³-hybridized carbons (Fsp3) is 0.100. The zero-order valence-corrected chi connectivity index (χ0v) is 8.23. The molecular formula is C10H7FO2S. The first kappa shape index (κ1) is 9.15. The van der Waals surface area contributed by atoms with Crippen LogP contribution in [0.3, 0.4) is 0 Å². The minimum Gasteiger partial charge on any atom is -0.487 e. The minimum atomic E-state index is -0.329. The third-order valence-corrected chi connectivity index (χ3v) is 3.11. The average Bonchev–Trinajstić information content (AvgIpc) is 2.63. The highest BCUT2D eigenvalue weighted by Gasteiger charge is 2.10. The molecule has 2 nitrogen and oxygen atoms in total. The molecule has 72 valence electrons. The molecule has 0 spiro atoms. The Morgan fingerprint density at radius 2 is 2.29 bits per heavy atom. The first-order valence-corrected chi connectivity index (χ1v) is 4.79. The van der Waals surface area contributed by atoms with Gasteiger partial charge < -0.3 is 4.74 Å². The van der Waals surface area contributed by atoms with Gasteiger partial charge in [-0.05, 0) is 12.1 Å². The van der Waals surface area contributed by atoms with E-state index < -0.39 is 0 Å². The zero-order valence-electron chi connectivity index (χ0n) is 7.41. The molecule has 0 aliphatic rings. The van der Waals surface area contributed by atoms with Gasteiger partial charge in [0.2, 0.25) is 0 Å². The number of hydrogen-bond acceptors (Lipinski definition) is 3. The quantitative estimate of drug-likeness (QED) is 0.712. The number of fused-ring (bicyclic) bond motifs is 1. The maximum atomic E-state index is 13.3. The Morgan fingerprint density at radius 1 is 1.50 bits per heavy atom. The standard InChI is InChI=1S/C10H7FO2S/c1-13-9-4-7-8(11)3-2-6(5-12)10(7)14-9/h2-5H,1H3. The van der Waals surface area contributed by atoms with Gasteiger partial charge in [0.05, 0.1) is 11.8 Å². The van der Waals surface area contributed by atoms with Gasteiger partial charge in [0, 0.05) is 17.0 Å². The highest BCUT2D eigenvalue weighted by molar-refractivity contribution is 7.21. The average molecular weight is 210 g/mol. The summed E-state index contributed by atoms with van der Waals surface area (Å²) in [4.78, 5) is 10.7. The first-order chi connectivity index (χ1) is 6.76. The van der Waals surface area contributed by atoms with Crippen molar-refractivity contribution in [1.82, 2.24) is 0 Å². The van der Waals surface area contributed by atoms with Crippen LogP contribution in [0.25, 0.3) is 10.1 Å². The Labute approximate surface area is 83.9 Å². The molecule has 0 amide bonds. The predicted octanol–water partition coefficient (Wildman–Crippen LogP) is 2.86. The summed E-state index contributed by atoms with van der Waals surface area (Å²) in [5.41, 5.74) is 0.495. The Balaban J connectivity index is 2.81. The van der Waals surface area contributed by atoms with Crippen molar-refractivity contribution < 1.29 is 13.9 Å². The lowest BCUT2D eigenvalue weighted by Crippen LogP contribution is -1.81. The monoisotopic (exact) mass is 210 g/mol. The lowest BCUT2D eigenvalue weighted by atomic mass is 10.2. The van der Waals surface area contributed by atoms with Gasteiger partial charge in [0.1, 0.15) is 5.82 Å². The smallest absolute Gasteiger partial charge is 0.174 e. The van der Waals surface area contributed by atoms with E-state index >= 15 is 0 Å². The van der Waals surface area contributed by atoms with Crippen molar-refractivity contribution in [3.05, 3.63) is 29.6 Å². The molecule has 14 heavy (non-hydrogen) atoms. The Hall–Kier alpha value is -1.42. The van der Waals surface area contributed by atoms with Crippen LogP contribution in [0.5, 0.6) is 5.06 Å². The van der Waals surface area contributed by atoms with Gasteiger partial charge in [-0.2, -0.15) is 0 Å². The highest BCUT2D eigenvalue weighted by Crippen LogP contribution is 2.34. The molecule has 4 heteroatoms. The van der Waals surface area contributed by atoms with E-state index in [1.165, 1.54) is 30.6 Å². The van der Waals surface area contributed by atoms with E-state index in [0.717, 1.165) is 6.29 Å². The van der Waals surface area contributed by atoms with Crippen LogP contribution >= 0.6 is 11.3 Å². The molecule has 0 aliphatic heterocycles. The number of carbonyl (C=O) groups is 1. The molecule has 1 heterocycles. The van der Waals surface area contributed by atoms with Crippen LogP contribution < -0.4 is 4.74 Å². The molecule has 0 N–H and O–H groups in total. The summed E-state index contributed by atoms with van der Waals surface area (Å²) in [6, 6.07) is 4.36. The number of halogens is 1. The summed E-state index contributed by atoms with van der Waals surface area (Å²) < 4.78 is 18.9. The van der Waals surface area contributed by atoms with Crippen molar-refractivity contribution in [2.75, 3.05) is 7.11 Å². The van der Waals surface area contributed by atoms with Gasteiger partial charge >= 0.3 is 0 Å². The molecule has 0 radical (unpaired) electrons. The first-order valence-electron chi connectivity index (χ1n) is 3.97. The van der Waals surface area contributed by atoms with E-state index in [4.69, 9.17) is 4.74 Å². The molecule has 1 aromatic carbocycles. The van der Waals surface area contributed by atoms with Crippen molar-refractivity contribution in [2.24, 2.45) is 0 Å².